The molecular formula is C22H29NO4. The first-order valence-electron chi connectivity index (χ1n) is 9.16. The lowest BCUT2D eigenvalue weighted by atomic mass is 9.87. The van der Waals surface area contributed by atoms with E-state index in [2.05, 4.69) is 26.1 Å². The molecule has 2 rings (SSSR count). The van der Waals surface area contributed by atoms with Crippen molar-refractivity contribution in [2.24, 2.45) is 0 Å². The van der Waals surface area contributed by atoms with Crippen LogP contribution in [0.2, 0.25) is 0 Å². The van der Waals surface area contributed by atoms with E-state index in [-0.39, 0.29) is 24.5 Å². The number of carbonyl (C=O) groups excluding carboxylic acids is 1. The number of carbonyl (C=O) groups is 1. The molecule has 0 unspecified atom stereocenters. The van der Waals surface area contributed by atoms with Crippen LogP contribution in [0.3, 0.4) is 0 Å². The number of rotatable bonds is 8. The van der Waals surface area contributed by atoms with Crippen molar-refractivity contribution in [3.05, 3.63) is 60.2 Å². The number of para-hydroxylation sites is 1. The third kappa shape index (κ3) is 6.94. The Bertz CT molecular complexity index is 707. The number of amides is 1. The average molecular weight is 371 g/mol. The normalized spacial score (nSPS) is 13.5. The lowest BCUT2D eigenvalue weighted by molar-refractivity contribution is -0.127. The van der Waals surface area contributed by atoms with Crippen molar-refractivity contribution >= 4 is 5.91 Å². The van der Waals surface area contributed by atoms with Crippen molar-refractivity contribution < 1.29 is 19.4 Å². The number of hydrogen-bond acceptors (Lipinski definition) is 4. The first kappa shape index (κ1) is 20.8. The Balaban J connectivity index is 1.72. The van der Waals surface area contributed by atoms with Crippen molar-refractivity contribution in [3.63, 3.8) is 0 Å². The van der Waals surface area contributed by atoms with Gasteiger partial charge < -0.3 is 19.9 Å². The summed E-state index contributed by atoms with van der Waals surface area (Å²) in [6, 6.07) is 17.0. The molecule has 0 bridgehead atoms. The standard InChI is InChI=1S/C22H29NO4/c1-16(27-20-8-6-5-7-9-20)21(25)23-14-18(24)15-26-19-12-10-17(11-13-19)22(2,3)4/h5-13,16,18,24H,14-15H2,1-4H3,(H,23,25)/t16-,18+/m0/s1. The fourth-order valence-corrected chi connectivity index (χ4v) is 2.42. The van der Waals surface area contributed by atoms with E-state index in [9.17, 15) is 9.90 Å². The Labute approximate surface area is 161 Å². The molecule has 0 heterocycles. The molecule has 0 aliphatic carbocycles. The summed E-state index contributed by atoms with van der Waals surface area (Å²) in [5.41, 5.74) is 1.30. The maximum atomic E-state index is 12.1. The molecule has 0 aliphatic heterocycles. The summed E-state index contributed by atoms with van der Waals surface area (Å²) in [6.45, 7) is 8.32. The van der Waals surface area contributed by atoms with Gasteiger partial charge in [0.05, 0.1) is 0 Å². The molecule has 0 saturated carbocycles. The van der Waals surface area contributed by atoms with E-state index in [1.165, 1.54) is 5.56 Å². The highest BCUT2D eigenvalue weighted by atomic mass is 16.5. The molecule has 2 N–H and O–H groups in total. The molecule has 2 aromatic carbocycles. The van der Waals surface area contributed by atoms with Crippen LogP contribution in [0.1, 0.15) is 33.3 Å². The molecule has 0 spiro atoms. The molecule has 0 aliphatic rings. The minimum Gasteiger partial charge on any atom is -0.491 e. The first-order chi connectivity index (χ1) is 12.8. The Morgan fingerprint density at radius 2 is 1.67 bits per heavy atom. The lowest BCUT2D eigenvalue weighted by Crippen LogP contribution is -2.41. The number of aliphatic hydroxyl groups is 1. The number of benzene rings is 2. The van der Waals surface area contributed by atoms with E-state index in [0.717, 1.165) is 0 Å². The van der Waals surface area contributed by atoms with Crippen molar-refractivity contribution in [1.29, 1.82) is 0 Å². The Kier molecular flexibility index (Phi) is 7.25. The van der Waals surface area contributed by atoms with Crippen molar-refractivity contribution in [3.8, 4) is 11.5 Å². The third-order valence-corrected chi connectivity index (χ3v) is 4.10. The molecule has 146 valence electrons. The molecule has 5 nitrogen and oxygen atoms in total. The smallest absolute Gasteiger partial charge is 0.260 e. The number of nitrogens with one attached hydrogen (secondary N) is 1. The van der Waals surface area contributed by atoms with E-state index < -0.39 is 12.2 Å². The van der Waals surface area contributed by atoms with Crippen LogP contribution in [0.25, 0.3) is 0 Å². The zero-order valence-electron chi connectivity index (χ0n) is 16.4. The summed E-state index contributed by atoms with van der Waals surface area (Å²) in [5.74, 6) is 1.03. The van der Waals surface area contributed by atoms with E-state index in [1.807, 2.05) is 42.5 Å². The Hall–Kier alpha value is -2.53. The van der Waals surface area contributed by atoms with Crippen LogP contribution in [-0.2, 0) is 10.2 Å². The van der Waals surface area contributed by atoms with E-state index >= 15 is 0 Å². The van der Waals surface area contributed by atoms with Crippen LogP contribution < -0.4 is 14.8 Å². The van der Waals surface area contributed by atoms with Gasteiger partial charge in [0, 0.05) is 6.54 Å². The van der Waals surface area contributed by atoms with E-state index in [1.54, 1.807) is 19.1 Å². The minimum absolute atomic E-state index is 0.0842. The highest BCUT2D eigenvalue weighted by Crippen LogP contribution is 2.24. The largest absolute Gasteiger partial charge is 0.491 e. The van der Waals surface area contributed by atoms with Gasteiger partial charge in [0.25, 0.3) is 5.91 Å². The maximum absolute atomic E-state index is 12.1. The molecule has 5 heteroatoms. The third-order valence-electron chi connectivity index (χ3n) is 4.10. The number of ether oxygens (including phenoxy) is 2. The van der Waals surface area contributed by atoms with Crippen molar-refractivity contribution in [2.45, 2.75) is 45.3 Å². The van der Waals surface area contributed by atoms with E-state index in [0.29, 0.717) is 11.5 Å². The Morgan fingerprint density at radius 3 is 2.26 bits per heavy atom. The van der Waals surface area contributed by atoms with Gasteiger partial charge in [-0.1, -0.05) is 51.1 Å². The highest BCUT2D eigenvalue weighted by molar-refractivity contribution is 5.80. The minimum atomic E-state index is -0.805. The van der Waals surface area contributed by atoms with Gasteiger partial charge in [-0.15, -0.1) is 0 Å². The molecule has 0 aromatic heterocycles. The molecule has 2 aromatic rings. The van der Waals surface area contributed by atoms with Crippen LogP contribution in [0, 0.1) is 0 Å². The van der Waals surface area contributed by atoms with Crippen LogP contribution in [-0.4, -0.2) is 36.4 Å². The summed E-state index contributed by atoms with van der Waals surface area (Å²) in [7, 11) is 0. The second-order valence-corrected chi connectivity index (χ2v) is 7.56. The highest BCUT2D eigenvalue weighted by Gasteiger charge is 2.16. The molecule has 2 atom stereocenters. The van der Waals surface area contributed by atoms with Gasteiger partial charge in [-0.3, -0.25) is 4.79 Å². The Morgan fingerprint density at radius 1 is 1.04 bits per heavy atom. The quantitative estimate of drug-likeness (QED) is 0.747. The predicted octanol–water partition coefficient (Wildman–Crippen LogP) is 3.31. The second kappa shape index (κ2) is 9.42. The van der Waals surface area contributed by atoms with E-state index in [4.69, 9.17) is 9.47 Å². The zero-order chi connectivity index (χ0) is 19.9. The fraction of sp³-hybridized carbons (Fsp3) is 0.409. The topological polar surface area (TPSA) is 67.8 Å². The monoisotopic (exact) mass is 371 g/mol. The van der Waals surface area contributed by atoms with Crippen molar-refractivity contribution in [1.82, 2.24) is 5.32 Å². The van der Waals surface area contributed by atoms with Crippen LogP contribution in [0.5, 0.6) is 11.5 Å². The summed E-state index contributed by atoms with van der Waals surface area (Å²) in [5, 5.41) is 12.7. The number of aliphatic hydroxyl groups excluding tert-OH is 1. The number of hydrogen-bond donors (Lipinski definition) is 2. The van der Waals surface area contributed by atoms with Gasteiger partial charge in [-0.2, -0.15) is 0 Å². The summed E-state index contributed by atoms with van der Waals surface area (Å²) >= 11 is 0. The molecule has 1 amide bonds. The zero-order valence-corrected chi connectivity index (χ0v) is 16.4. The second-order valence-electron chi connectivity index (χ2n) is 7.56. The molecule has 0 fully saturated rings. The summed E-state index contributed by atoms with van der Waals surface area (Å²) < 4.78 is 11.1. The van der Waals surface area contributed by atoms with Crippen molar-refractivity contribution in [2.75, 3.05) is 13.2 Å². The predicted molar refractivity (Wildman–Crippen MR) is 106 cm³/mol. The van der Waals surface area contributed by atoms with Gasteiger partial charge in [0.15, 0.2) is 6.10 Å². The maximum Gasteiger partial charge on any atom is 0.260 e. The molecular weight excluding hydrogens is 342 g/mol. The summed E-state index contributed by atoms with van der Waals surface area (Å²) in [6.07, 6.45) is -1.45. The van der Waals surface area contributed by atoms with Gasteiger partial charge in [-0.25, -0.2) is 0 Å². The summed E-state index contributed by atoms with van der Waals surface area (Å²) in [4.78, 5) is 12.1. The first-order valence-corrected chi connectivity index (χ1v) is 9.16. The van der Waals surface area contributed by atoms with Gasteiger partial charge in [-0.05, 0) is 42.2 Å². The molecule has 0 saturated heterocycles. The van der Waals surface area contributed by atoms with Crippen LogP contribution in [0.15, 0.2) is 54.6 Å². The van der Waals surface area contributed by atoms with Gasteiger partial charge >= 0.3 is 0 Å². The fourth-order valence-electron chi connectivity index (χ4n) is 2.42. The van der Waals surface area contributed by atoms with Gasteiger partial charge in [0.2, 0.25) is 0 Å². The molecule has 27 heavy (non-hydrogen) atoms. The van der Waals surface area contributed by atoms with Crippen LogP contribution >= 0.6 is 0 Å². The average Bonchev–Trinajstić information content (AvgIpc) is 2.64. The molecule has 0 radical (unpaired) electrons. The van der Waals surface area contributed by atoms with Gasteiger partial charge in [0.1, 0.15) is 24.2 Å². The van der Waals surface area contributed by atoms with Crippen LogP contribution in [0.4, 0.5) is 0 Å². The lowest BCUT2D eigenvalue weighted by Gasteiger charge is -2.20. The SMILES string of the molecule is C[C@H](Oc1ccccc1)C(=O)NC[C@@H](O)COc1ccc(C(C)(C)C)cc1.